The molecule has 0 saturated carbocycles. The van der Waals surface area contributed by atoms with Gasteiger partial charge < -0.3 is 9.84 Å². The highest BCUT2D eigenvalue weighted by Gasteiger charge is 2.34. The number of rotatable bonds is 6. The van der Waals surface area contributed by atoms with Gasteiger partial charge in [-0.25, -0.2) is 0 Å². The number of halogens is 1. The number of phenols is 1. The second-order valence-corrected chi connectivity index (χ2v) is 6.65. The third-order valence-electron chi connectivity index (χ3n) is 3.16. The fourth-order valence-electron chi connectivity index (χ4n) is 2.04. The van der Waals surface area contributed by atoms with E-state index in [0.29, 0.717) is 18.6 Å². The minimum Gasteiger partial charge on any atom is -0.501 e. The Morgan fingerprint density at radius 3 is 2.79 bits per heavy atom. The third-order valence-corrected chi connectivity index (χ3v) is 4.68. The van der Waals surface area contributed by atoms with Gasteiger partial charge in [0, 0.05) is 26.3 Å². The summed E-state index contributed by atoms with van der Waals surface area (Å²) in [6.45, 7) is 0.674. The molecule has 1 aromatic rings. The van der Waals surface area contributed by atoms with Crippen molar-refractivity contribution in [3.05, 3.63) is 37.2 Å². The minimum atomic E-state index is -0.728. The Bertz CT molecular complexity index is 736. The van der Waals surface area contributed by atoms with Gasteiger partial charge in [-0.05, 0) is 51.8 Å². The Morgan fingerprint density at radius 2 is 2.17 bits per heavy atom. The van der Waals surface area contributed by atoms with E-state index in [9.17, 15) is 24.8 Å². The van der Waals surface area contributed by atoms with Gasteiger partial charge in [0.25, 0.3) is 11.1 Å². The molecule has 128 valence electrons. The Kier molecular flexibility index (Phi) is 5.97. The fourth-order valence-corrected chi connectivity index (χ4v) is 3.37. The van der Waals surface area contributed by atoms with Crippen molar-refractivity contribution in [2.75, 3.05) is 20.3 Å². The van der Waals surface area contributed by atoms with Crippen molar-refractivity contribution in [3.8, 4) is 5.75 Å². The number of carbonyl (C=O) groups is 2. The lowest BCUT2D eigenvalue weighted by Crippen LogP contribution is -2.29. The highest BCUT2D eigenvalue weighted by atomic mass is 79.9. The second kappa shape index (κ2) is 7.77. The number of aromatic hydroxyl groups is 1. The second-order valence-electron chi connectivity index (χ2n) is 4.81. The molecule has 1 N–H and O–H groups in total. The van der Waals surface area contributed by atoms with E-state index in [1.807, 2.05) is 0 Å². The standard InChI is InChI=1S/C14H13BrN2O6S/c1-23-4-2-3-16-13(19)11(24-14(16)20)7-8-5-9(15)12(18)10(6-8)17(21)22/h5-7,18H,2-4H2,1H3/b11-7+. The summed E-state index contributed by atoms with van der Waals surface area (Å²) in [5.41, 5.74) is -0.163. The van der Waals surface area contributed by atoms with E-state index < -0.39 is 27.5 Å². The summed E-state index contributed by atoms with van der Waals surface area (Å²) in [6, 6.07) is 2.57. The summed E-state index contributed by atoms with van der Waals surface area (Å²) in [6.07, 6.45) is 1.91. The normalized spacial score (nSPS) is 16.2. The van der Waals surface area contributed by atoms with Crippen LogP contribution in [0.3, 0.4) is 0 Å². The first-order valence-electron chi connectivity index (χ1n) is 6.76. The molecular formula is C14H13BrN2O6S. The average molecular weight is 417 g/mol. The number of benzene rings is 1. The zero-order valence-corrected chi connectivity index (χ0v) is 14.9. The van der Waals surface area contributed by atoms with Crippen molar-refractivity contribution in [1.29, 1.82) is 0 Å². The van der Waals surface area contributed by atoms with E-state index in [4.69, 9.17) is 4.74 Å². The number of nitro benzene ring substituents is 1. The van der Waals surface area contributed by atoms with E-state index in [1.54, 1.807) is 0 Å². The monoisotopic (exact) mass is 416 g/mol. The summed E-state index contributed by atoms with van der Waals surface area (Å²) >= 11 is 3.80. The molecule has 0 unspecified atom stereocenters. The van der Waals surface area contributed by atoms with Gasteiger partial charge >= 0.3 is 5.69 Å². The zero-order chi connectivity index (χ0) is 17.9. The number of nitrogens with zero attached hydrogens (tertiary/aromatic N) is 2. The average Bonchev–Trinajstić information content (AvgIpc) is 2.78. The molecule has 0 aromatic heterocycles. The lowest BCUT2D eigenvalue weighted by molar-refractivity contribution is -0.386. The van der Waals surface area contributed by atoms with Crippen LogP contribution in [0.1, 0.15) is 12.0 Å². The Balaban J connectivity index is 2.27. The van der Waals surface area contributed by atoms with Gasteiger partial charge in [-0.2, -0.15) is 0 Å². The van der Waals surface area contributed by atoms with E-state index >= 15 is 0 Å². The first-order valence-corrected chi connectivity index (χ1v) is 8.37. The smallest absolute Gasteiger partial charge is 0.312 e. The van der Waals surface area contributed by atoms with Gasteiger partial charge in [-0.1, -0.05) is 0 Å². The number of nitro groups is 1. The Hall–Kier alpha value is -1.91. The highest BCUT2D eigenvalue weighted by molar-refractivity contribution is 9.10. The molecule has 0 spiro atoms. The summed E-state index contributed by atoms with van der Waals surface area (Å²) in [5.74, 6) is -0.947. The number of hydrogen-bond acceptors (Lipinski definition) is 7. The van der Waals surface area contributed by atoms with Gasteiger partial charge in [0.1, 0.15) is 0 Å². The molecule has 0 aliphatic carbocycles. The van der Waals surface area contributed by atoms with E-state index in [0.717, 1.165) is 22.7 Å². The van der Waals surface area contributed by atoms with E-state index in [1.165, 1.54) is 19.3 Å². The molecule has 10 heteroatoms. The van der Waals surface area contributed by atoms with Gasteiger partial charge in [0.2, 0.25) is 5.75 Å². The van der Waals surface area contributed by atoms with E-state index in [-0.39, 0.29) is 15.9 Å². The quantitative estimate of drug-likeness (QED) is 0.328. The maximum atomic E-state index is 12.3. The number of amides is 2. The highest BCUT2D eigenvalue weighted by Crippen LogP contribution is 2.37. The van der Waals surface area contributed by atoms with Crippen molar-refractivity contribution in [2.24, 2.45) is 0 Å². The summed E-state index contributed by atoms with van der Waals surface area (Å²) in [7, 11) is 1.53. The van der Waals surface area contributed by atoms with Crippen molar-refractivity contribution in [1.82, 2.24) is 4.90 Å². The number of thioether (sulfide) groups is 1. The first kappa shape index (κ1) is 18.4. The van der Waals surface area contributed by atoms with E-state index in [2.05, 4.69) is 15.9 Å². The first-order chi connectivity index (χ1) is 11.3. The molecule has 1 aliphatic heterocycles. The molecule has 1 saturated heterocycles. The number of methoxy groups -OCH3 is 1. The van der Waals surface area contributed by atoms with Crippen LogP contribution in [0.15, 0.2) is 21.5 Å². The summed E-state index contributed by atoms with van der Waals surface area (Å²) in [4.78, 5) is 35.7. The van der Waals surface area contributed by atoms with Crippen molar-refractivity contribution in [2.45, 2.75) is 6.42 Å². The topological polar surface area (TPSA) is 110 Å². The molecule has 1 heterocycles. The number of carbonyl (C=O) groups excluding carboxylic acids is 2. The summed E-state index contributed by atoms with van der Waals surface area (Å²) < 4.78 is 5.02. The van der Waals surface area contributed by atoms with Gasteiger partial charge in [0.05, 0.1) is 14.3 Å². The Morgan fingerprint density at radius 1 is 1.46 bits per heavy atom. The maximum absolute atomic E-state index is 12.3. The molecule has 2 rings (SSSR count). The summed E-state index contributed by atoms with van der Waals surface area (Å²) in [5, 5.41) is 20.2. The molecule has 24 heavy (non-hydrogen) atoms. The van der Waals surface area contributed by atoms with Crippen LogP contribution in [0.2, 0.25) is 0 Å². The number of phenolic OH excluding ortho intramolecular Hbond substituents is 1. The number of ether oxygens (including phenoxy) is 1. The molecule has 1 aliphatic rings. The maximum Gasteiger partial charge on any atom is 0.312 e. The molecular weight excluding hydrogens is 404 g/mol. The van der Waals surface area contributed by atoms with Gasteiger partial charge in [-0.3, -0.25) is 24.6 Å². The lowest BCUT2D eigenvalue weighted by atomic mass is 10.1. The minimum absolute atomic E-state index is 0.127. The van der Waals surface area contributed by atoms with Crippen LogP contribution in [0.4, 0.5) is 10.5 Å². The fraction of sp³-hybridized carbons (Fsp3) is 0.286. The van der Waals surface area contributed by atoms with Gasteiger partial charge in [0.15, 0.2) is 0 Å². The number of imide groups is 1. The number of hydrogen-bond donors (Lipinski definition) is 1. The predicted octanol–water partition coefficient (Wildman–Crippen LogP) is 3.14. The van der Waals surface area contributed by atoms with Crippen molar-refractivity contribution < 1.29 is 24.4 Å². The SMILES string of the molecule is COCCCN1C(=O)S/C(=C/c2cc(Br)c(O)c([N+](=O)[O-])c2)C1=O. The molecule has 0 bridgehead atoms. The predicted molar refractivity (Wildman–Crippen MR) is 91.6 cm³/mol. The van der Waals surface area contributed by atoms with Crippen LogP contribution in [0.25, 0.3) is 6.08 Å². The molecule has 2 amide bonds. The molecule has 0 radical (unpaired) electrons. The van der Waals surface area contributed by atoms with Crippen LogP contribution in [-0.2, 0) is 9.53 Å². The molecule has 8 nitrogen and oxygen atoms in total. The van der Waals surface area contributed by atoms with Crippen LogP contribution < -0.4 is 0 Å². The largest absolute Gasteiger partial charge is 0.501 e. The van der Waals surface area contributed by atoms with Crippen LogP contribution in [-0.4, -0.2) is 46.3 Å². The van der Waals surface area contributed by atoms with Crippen molar-refractivity contribution in [3.63, 3.8) is 0 Å². The third kappa shape index (κ3) is 3.94. The van der Waals surface area contributed by atoms with Gasteiger partial charge in [-0.15, -0.1) is 0 Å². The molecule has 1 fully saturated rings. The van der Waals surface area contributed by atoms with Crippen LogP contribution in [0.5, 0.6) is 5.75 Å². The molecule has 0 atom stereocenters. The lowest BCUT2D eigenvalue weighted by Gasteiger charge is -2.11. The van der Waals surface area contributed by atoms with Crippen LogP contribution in [0, 0.1) is 10.1 Å². The zero-order valence-electron chi connectivity index (χ0n) is 12.5. The molecule has 1 aromatic carbocycles. The van der Waals surface area contributed by atoms with Crippen LogP contribution >= 0.6 is 27.7 Å². The Labute approximate surface area is 149 Å². The van der Waals surface area contributed by atoms with Crippen molar-refractivity contribution >= 4 is 50.6 Å².